The van der Waals surface area contributed by atoms with Gasteiger partial charge in [0.2, 0.25) is 10.0 Å². The zero-order chi connectivity index (χ0) is 15.2. The Bertz CT molecular complexity index is 575. The molecular formula is C12H17ClN2O4S. The Morgan fingerprint density at radius 3 is 2.70 bits per heavy atom. The van der Waals surface area contributed by atoms with E-state index in [4.69, 9.17) is 11.6 Å². The molecule has 20 heavy (non-hydrogen) atoms. The normalized spacial score (nSPS) is 11.2. The number of halogens is 1. The molecule has 112 valence electrons. The number of methoxy groups -OCH3 is 1. The maximum Gasteiger partial charge on any atom is 0.340 e. The summed E-state index contributed by atoms with van der Waals surface area (Å²) < 4.78 is 30.8. The van der Waals surface area contributed by atoms with Gasteiger partial charge >= 0.3 is 5.97 Å². The minimum Gasteiger partial charge on any atom is -0.465 e. The van der Waals surface area contributed by atoms with Crippen molar-refractivity contribution < 1.29 is 17.9 Å². The molecule has 0 aliphatic heterocycles. The van der Waals surface area contributed by atoms with E-state index in [1.807, 2.05) is 0 Å². The number of ether oxygens (including phenoxy) is 1. The minimum atomic E-state index is -3.52. The summed E-state index contributed by atoms with van der Waals surface area (Å²) in [6, 6.07) is 4.29. The van der Waals surface area contributed by atoms with Crippen LogP contribution in [0, 0.1) is 0 Å². The first kappa shape index (κ1) is 16.7. The van der Waals surface area contributed by atoms with Gasteiger partial charge in [-0.25, -0.2) is 13.2 Å². The second kappa shape index (κ2) is 7.47. The second-order valence-corrected chi connectivity index (χ2v) is 6.34. The molecule has 1 rings (SSSR count). The molecule has 0 amide bonds. The number of esters is 1. The Hall–Kier alpha value is -1.31. The maximum absolute atomic E-state index is 11.9. The van der Waals surface area contributed by atoms with Gasteiger partial charge in [0.25, 0.3) is 0 Å². The Kier molecular flexibility index (Phi) is 6.25. The topological polar surface area (TPSA) is 84.5 Å². The van der Waals surface area contributed by atoms with E-state index in [1.54, 1.807) is 7.05 Å². The van der Waals surface area contributed by atoms with E-state index in [1.165, 1.54) is 25.3 Å². The van der Waals surface area contributed by atoms with Gasteiger partial charge in [-0.1, -0.05) is 11.6 Å². The number of hydrogen-bond donors (Lipinski definition) is 2. The maximum atomic E-state index is 11.9. The number of anilines is 1. The van der Waals surface area contributed by atoms with Crippen molar-refractivity contribution >= 4 is 33.3 Å². The van der Waals surface area contributed by atoms with Crippen LogP contribution >= 0.6 is 11.6 Å². The standard InChI is InChI=1S/C12H17ClN2O4S/c1-14-6-3-7-20(17,18)15-11-5-4-9(13)8-10(11)12(16)19-2/h4-5,8,14-15H,3,6-7H2,1-2H3. The van der Waals surface area contributed by atoms with Crippen LogP contribution in [0.15, 0.2) is 18.2 Å². The number of sulfonamides is 1. The first-order chi connectivity index (χ1) is 9.39. The lowest BCUT2D eigenvalue weighted by Gasteiger charge is -2.11. The summed E-state index contributed by atoms with van der Waals surface area (Å²) in [5.41, 5.74) is 0.239. The van der Waals surface area contributed by atoms with Crippen molar-refractivity contribution in [1.82, 2.24) is 5.32 Å². The van der Waals surface area contributed by atoms with E-state index in [9.17, 15) is 13.2 Å². The smallest absolute Gasteiger partial charge is 0.340 e. The van der Waals surface area contributed by atoms with Crippen LogP contribution in [0.25, 0.3) is 0 Å². The Morgan fingerprint density at radius 2 is 2.10 bits per heavy atom. The zero-order valence-electron chi connectivity index (χ0n) is 11.3. The Morgan fingerprint density at radius 1 is 1.40 bits per heavy atom. The van der Waals surface area contributed by atoms with E-state index in [0.29, 0.717) is 18.0 Å². The molecule has 0 aliphatic rings. The molecule has 6 nitrogen and oxygen atoms in total. The van der Waals surface area contributed by atoms with Crippen molar-refractivity contribution in [3.63, 3.8) is 0 Å². The number of carbonyl (C=O) groups excluding carboxylic acids is 1. The molecule has 2 N–H and O–H groups in total. The van der Waals surface area contributed by atoms with Gasteiger partial charge in [-0.15, -0.1) is 0 Å². The monoisotopic (exact) mass is 320 g/mol. The summed E-state index contributed by atoms with van der Waals surface area (Å²) in [6.07, 6.45) is 0.465. The Labute approximate surface area is 123 Å². The molecule has 0 fully saturated rings. The lowest BCUT2D eigenvalue weighted by molar-refractivity contribution is 0.0602. The first-order valence-corrected chi connectivity index (χ1v) is 7.95. The van der Waals surface area contributed by atoms with Gasteiger partial charge in [0.05, 0.1) is 24.1 Å². The summed E-state index contributed by atoms with van der Waals surface area (Å²) in [5.74, 6) is -0.697. The predicted molar refractivity (Wildman–Crippen MR) is 78.7 cm³/mol. The quantitative estimate of drug-likeness (QED) is 0.587. The molecule has 1 aromatic carbocycles. The molecule has 0 spiro atoms. The van der Waals surface area contributed by atoms with Crippen molar-refractivity contribution in [2.45, 2.75) is 6.42 Å². The summed E-state index contributed by atoms with van der Waals surface area (Å²) in [6.45, 7) is 0.589. The molecule has 0 aliphatic carbocycles. The molecule has 8 heteroatoms. The Balaban J connectivity index is 2.94. The number of benzene rings is 1. The van der Waals surface area contributed by atoms with Crippen LogP contribution in [-0.2, 0) is 14.8 Å². The molecular weight excluding hydrogens is 304 g/mol. The molecule has 0 bridgehead atoms. The third-order valence-corrected chi connectivity index (χ3v) is 4.08. The highest BCUT2D eigenvalue weighted by Gasteiger charge is 2.17. The van der Waals surface area contributed by atoms with Gasteiger partial charge in [-0.05, 0) is 38.2 Å². The molecule has 0 unspecified atom stereocenters. The largest absolute Gasteiger partial charge is 0.465 e. The van der Waals surface area contributed by atoms with Crippen LogP contribution in [0.3, 0.4) is 0 Å². The zero-order valence-corrected chi connectivity index (χ0v) is 12.8. The molecule has 0 saturated carbocycles. The highest BCUT2D eigenvalue weighted by Crippen LogP contribution is 2.22. The van der Waals surface area contributed by atoms with E-state index in [2.05, 4.69) is 14.8 Å². The van der Waals surface area contributed by atoms with Crippen LogP contribution in [0.2, 0.25) is 5.02 Å². The molecule has 0 aromatic heterocycles. The molecule has 1 aromatic rings. The van der Waals surface area contributed by atoms with Gasteiger partial charge < -0.3 is 10.1 Å². The first-order valence-electron chi connectivity index (χ1n) is 5.92. The lowest BCUT2D eigenvalue weighted by atomic mass is 10.2. The van der Waals surface area contributed by atoms with E-state index >= 15 is 0 Å². The van der Waals surface area contributed by atoms with Crippen molar-refractivity contribution in [3.05, 3.63) is 28.8 Å². The fourth-order valence-corrected chi connectivity index (χ4v) is 2.85. The molecule has 0 saturated heterocycles. The fraction of sp³-hybridized carbons (Fsp3) is 0.417. The SMILES string of the molecule is CNCCCS(=O)(=O)Nc1ccc(Cl)cc1C(=O)OC. The highest BCUT2D eigenvalue weighted by atomic mass is 35.5. The number of nitrogens with one attached hydrogen (secondary N) is 2. The molecule has 0 atom stereocenters. The lowest BCUT2D eigenvalue weighted by Crippen LogP contribution is -2.21. The summed E-state index contributed by atoms with van der Waals surface area (Å²) in [4.78, 5) is 11.6. The van der Waals surface area contributed by atoms with Gasteiger partial charge in [0.15, 0.2) is 0 Å². The number of carbonyl (C=O) groups is 1. The van der Waals surface area contributed by atoms with Gasteiger partial charge in [-0.3, -0.25) is 4.72 Å². The summed E-state index contributed by atoms with van der Waals surface area (Å²) >= 11 is 5.80. The fourth-order valence-electron chi connectivity index (χ4n) is 1.54. The average Bonchev–Trinajstić information content (AvgIpc) is 2.40. The van der Waals surface area contributed by atoms with Gasteiger partial charge in [0, 0.05) is 5.02 Å². The number of hydrogen-bond acceptors (Lipinski definition) is 5. The van der Waals surface area contributed by atoms with Crippen LogP contribution < -0.4 is 10.0 Å². The predicted octanol–water partition coefficient (Wildman–Crippen LogP) is 1.48. The number of rotatable bonds is 7. The van der Waals surface area contributed by atoms with Crippen molar-refractivity contribution in [2.24, 2.45) is 0 Å². The van der Waals surface area contributed by atoms with Gasteiger partial charge in [-0.2, -0.15) is 0 Å². The summed E-state index contributed by atoms with van der Waals surface area (Å²) in [5, 5.41) is 3.19. The average molecular weight is 321 g/mol. The molecule has 0 radical (unpaired) electrons. The van der Waals surface area contributed by atoms with Crippen molar-refractivity contribution in [3.8, 4) is 0 Å². The van der Waals surface area contributed by atoms with Crippen molar-refractivity contribution in [2.75, 3.05) is 31.2 Å². The van der Waals surface area contributed by atoms with Gasteiger partial charge in [0.1, 0.15) is 0 Å². The van der Waals surface area contributed by atoms with Crippen LogP contribution in [0.1, 0.15) is 16.8 Å². The highest BCUT2D eigenvalue weighted by molar-refractivity contribution is 7.92. The van der Waals surface area contributed by atoms with Crippen LogP contribution in [-0.4, -0.2) is 40.8 Å². The van der Waals surface area contributed by atoms with Crippen LogP contribution in [0.5, 0.6) is 0 Å². The van der Waals surface area contributed by atoms with Crippen LogP contribution in [0.4, 0.5) is 5.69 Å². The second-order valence-electron chi connectivity index (χ2n) is 4.06. The third kappa shape index (κ3) is 4.99. The van der Waals surface area contributed by atoms with E-state index < -0.39 is 16.0 Å². The summed E-state index contributed by atoms with van der Waals surface area (Å²) in [7, 11) is -0.563. The third-order valence-electron chi connectivity index (χ3n) is 2.49. The molecule has 0 heterocycles. The van der Waals surface area contributed by atoms with E-state index in [0.717, 1.165) is 0 Å². The van der Waals surface area contributed by atoms with Crippen molar-refractivity contribution in [1.29, 1.82) is 0 Å². The minimum absolute atomic E-state index is 0.0446. The van der Waals surface area contributed by atoms with E-state index in [-0.39, 0.29) is 17.0 Å².